The molecule has 13 heteroatoms. The van der Waals surface area contributed by atoms with Gasteiger partial charge in [0.2, 0.25) is 11.8 Å². The highest BCUT2D eigenvalue weighted by Crippen LogP contribution is 2.63. The Hall–Kier alpha value is -6.24. The Bertz CT molecular complexity index is 1960. The van der Waals surface area contributed by atoms with E-state index in [0.717, 1.165) is 45.4 Å². The minimum absolute atomic E-state index is 0.190. The molecule has 8 rings (SSSR count). The Balaban J connectivity index is 1.36. The van der Waals surface area contributed by atoms with Gasteiger partial charge in [0.1, 0.15) is 5.75 Å². The summed E-state index contributed by atoms with van der Waals surface area (Å²) < 4.78 is 0. The summed E-state index contributed by atoms with van der Waals surface area (Å²) in [6, 6.07) is 23.0. The van der Waals surface area contributed by atoms with E-state index in [1.54, 1.807) is 0 Å². The van der Waals surface area contributed by atoms with Crippen LogP contribution in [0.25, 0.3) is 0 Å². The number of amides is 3. The zero-order chi connectivity index (χ0) is 31.6. The van der Waals surface area contributed by atoms with E-state index in [4.69, 9.17) is 0 Å². The summed E-state index contributed by atoms with van der Waals surface area (Å²) >= 11 is 0. The number of non-ortho nitro benzene ring substituents is 2. The second-order valence-corrected chi connectivity index (χ2v) is 11.0. The second kappa shape index (κ2) is 9.91. The molecule has 0 aromatic heterocycles. The summed E-state index contributed by atoms with van der Waals surface area (Å²) in [5.74, 6) is -4.70. The first-order chi connectivity index (χ1) is 21.6. The fraction of sp³-hybridized carbons (Fsp3) is 0.125. The minimum Gasteiger partial charge on any atom is -0.507 e. The van der Waals surface area contributed by atoms with Gasteiger partial charge in [0.05, 0.1) is 38.3 Å². The van der Waals surface area contributed by atoms with Crippen molar-refractivity contribution in [2.45, 2.75) is 11.3 Å². The Morgan fingerprint density at radius 1 is 0.844 bits per heavy atom. The number of phenols is 1. The van der Waals surface area contributed by atoms with Crippen molar-refractivity contribution in [3.63, 3.8) is 0 Å². The summed E-state index contributed by atoms with van der Waals surface area (Å²) in [7, 11) is 0. The van der Waals surface area contributed by atoms with Crippen molar-refractivity contribution in [2.24, 2.45) is 16.9 Å². The molecule has 222 valence electrons. The lowest BCUT2D eigenvalue weighted by Gasteiger charge is -2.52. The van der Waals surface area contributed by atoms with Crippen LogP contribution >= 0.6 is 0 Å². The molecule has 1 saturated heterocycles. The van der Waals surface area contributed by atoms with Gasteiger partial charge in [-0.2, -0.15) is 5.10 Å². The largest absolute Gasteiger partial charge is 0.507 e. The van der Waals surface area contributed by atoms with Crippen LogP contribution in [0.4, 0.5) is 17.1 Å². The van der Waals surface area contributed by atoms with E-state index in [-0.39, 0.29) is 16.9 Å². The maximum atomic E-state index is 14.4. The number of rotatable bonds is 6. The van der Waals surface area contributed by atoms with Gasteiger partial charge in [-0.15, -0.1) is 0 Å². The lowest BCUT2D eigenvalue weighted by atomic mass is 9.47. The molecule has 1 heterocycles. The van der Waals surface area contributed by atoms with Crippen LogP contribution in [0.3, 0.4) is 0 Å². The number of nitrogens with one attached hydrogen (secondary N) is 1. The smallest absolute Gasteiger partial charge is 0.275 e. The van der Waals surface area contributed by atoms with E-state index in [9.17, 15) is 39.7 Å². The number of phenolic OH excluding ortho intramolecular Hbond substituents is 1. The van der Waals surface area contributed by atoms with E-state index in [1.807, 2.05) is 48.5 Å². The topological polar surface area (TPSA) is 185 Å². The summed E-state index contributed by atoms with van der Waals surface area (Å²) in [5, 5.41) is 36.9. The number of nitrogens with zero attached hydrogens (tertiary/aromatic N) is 4. The fourth-order valence-corrected chi connectivity index (χ4v) is 7.10. The Morgan fingerprint density at radius 3 is 2.02 bits per heavy atom. The molecule has 0 saturated carbocycles. The number of hydrazone groups is 1. The Kier molecular flexibility index (Phi) is 6.07. The zero-order valence-electron chi connectivity index (χ0n) is 23.1. The SMILES string of the molecule is O=C(N/N=C\C12c3ccccc3C(c3ccccc31)[C@@H]1C(=O)N(c3ccc([N+](=O)[O-])cc3)C(=O)[C@@H]12)c1cc([N+](=O)[O-])ccc1O. The predicted molar refractivity (Wildman–Crippen MR) is 159 cm³/mol. The van der Waals surface area contributed by atoms with Crippen LogP contribution in [0.5, 0.6) is 5.75 Å². The van der Waals surface area contributed by atoms with Gasteiger partial charge in [-0.3, -0.25) is 34.6 Å². The molecule has 4 aromatic carbocycles. The molecule has 1 aliphatic heterocycles. The molecular formula is C32H21N5O8. The van der Waals surface area contributed by atoms with Crippen LogP contribution < -0.4 is 10.3 Å². The van der Waals surface area contributed by atoms with Crippen molar-refractivity contribution in [3.05, 3.63) is 139 Å². The number of hydrogen-bond donors (Lipinski definition) is 2. The zero-order valence-corrected chi connectivity index (χ0v) is 23.1. The first-order valence-electron chi connectivity index (χ1n) is 13.8. The molecule has 0 spiro atoms. The standard InChI is InChI=1S/C32H21N5O8/c38-25-14-13-19(37(44)45)15-22(25)29(39)34-33-16-32-23-7-3-1-5-20(23)26(21-6-2-4-8-24(21)32)27-28(32)31(41)35(30(27)40)17-9-11-18(12-10-17)36(42)43/h1-16,26-28,38H,(H,34,39)/b33-16-/t26?,27-,28+,32?/m0/s1. The second-order valence-electron chi connectivity index (χ2n) is 11.0. The van der Waals surface area contributed by atoms with E-state index >= 15 is 0 Å². The normalized spacial score (nSPS) is 22.6. The van der Waals surface area contributed by atoms with Crippen molar-refractivity contribution < 1.29 is 29.3 Å². The number of carbonyl (C=O) groups excluding carboxylic acids is 3. The monoisotopic (exact) mass is 603 g/mol. The predicted octanol–water partition coefficient (Wildman–Crippen LogP) is 4.18. The van der Waals surface area contributed by atoms with Gasteiger partial charge in [-0.25, -0.2) is 10.3 Å². The number of aromatic hydroxyl groups is 1. The number of hydrogen-bond acceptors (Lipinski definition) is 9. The van der Waals surface area contributed by atoms with Crippen LogP contribution in [0, 0.1) is 32.1 Å². The molecular weight excluding hydrogens is 582 g/mol. The molecule has 45 heavy (non-hydrogen) atoms. The average Bonchev–Trinajstić information content (AvgIpc) is 3.31. The molecule has 0 unspecified atom stereocenters. The fourth-order valence-electron chi connectivity index (χ4n) is 7.10. The first-order valence-corrected chi connectivity index (χ1v) is 13.8. The van der Waals surface area contributed by atoms with Gasteiger partial charge in [0.25, 0.3) is 17.3 Å². The van der Waals surface area contributed by atoms with Gasteiger partial charge in [-0.1, -0.05) is 48.5 Å². The molecule has 2 atom stereocenters. The number of nitro benzene ring substituents is 2. The molecule has 3 aliphatic carbocycles. The summed E-state index contributed by atoms with van der Waals surface area (Å²) in [5.41, 5.74) is 3.31. The summed E-state index contributed by atoms with van der Waals surface area (Å²) in [4.78, 5) is 63.9. The van der Waals surface area contributed by atoms with Gasteiger partial charge in [0, 0.05) is 36.4 Å². The molecule has 2 N–H and O–H groups in total. The number of nitro groups is 2. The van der Waals surface area contributed by atoms with Crippen molar-refractivity contribution >= 4 is 41.0 Å². The third kappa shape index (κ3) is 3.87. The van der Waals surface area contributed by atoms with Gasteiger partial charge in [-0.05, 0) is 40.5 Å². The van der Waals surface area contributed by atoms with Gasteiger partial charge < -0.3 is 5.11 Å². The maximum Gasteiger partial charge on any atom is 0.275 e. The number of imide groups is 1. The third-order valence-corrected chi connectivity index (χ3v) is 8.87. The third-order valence-electron chi connectivity index (χ3n) is 8.87. The van der Waals surface area contributed by atoms with Crippen LogP contribution in [0.15, 0.2) is 96.1 Å². The lowest BCUT2D eigenvalue weighted by Crippen LogP contribution is -2.54. The highest BCUT2D eigenvalue weighted by atomic mass is 16.6. The molecule has 13 nitrogen and oxygen atoms in total. The molecule has 3 amide bonds. The van der Waals surface area contributed by atoms with Gasteiger partial charge >= 0.3 is 0 Å². The summed E-state index contributed by atoms with van der Waals surface area (Å²) in [6.45, 7) is 0. The van der Waals surface area contributed by atoms with Gasteiger partial charge in [0.15, 0.2) is 0 Å². The number of carbonyl (C=O) groups is 3. The Morgan fingerprint density at radius 2 is 1.42 bits per heavy atom. The van der Waals surface area contributed by atoms with Crippen LogP contribution in [-0.4, -0.2) is 38.9 Å². The van der Waals surface area contributed by atoms with Crippen molar-refractivity contribution in [3.8, 4) is 5.75 Å². The van der Waals surface area contributed by atoms with E-state index in [1.165, 1.54) is 30.5 Å². The number of anilines is 1. The molecule has 1 fully saturated rings. The van der Waals surface area contributed by atoms with Crippen molar-refractivity contribution in [1.82, 2.24) is 5.43 Å². The van der Waals surface area contributed by atoms with E-state index < -0.39 is 62.2 Å². The highest BCUT2D eigenvalue weighted by Gasteiger charge is 2.68. The lowest BCUT2D eigenvalue weighted by molar-refractivity contribution is -0.385. The molecule has 2 bridgehead atoms. The Labute approximate surface area is 253 Å². The maximum absolute atomic E-state index is 14.4. The average molecular weight is 604 g/mol. The molecule has 4 aromatic rings. The minimum atomic E-state index is -1.33. The van der Waals surface area contributed by atoms with Crippen LogP contribution in [0.2, 0.25) is 0 Å². The van der Waals surface area contributed by atoms with Crippen LogP contribution in [0.1, 0.15) is 38.5 Å². The van der Waals surface area contributed by atoms with E-state index in [2.05, 4.69) is 10.5 Å². The quantitative estimate of drug-likeness (QED) is 0.142. The highest BCUT2D eigenvalue weighted by molar-refractivity contribution is 6.25. The van der Waals surface area contributed by atoms with E-state index in [0.29, 0.717) is 0 Å². The first kappa shape index (κ1) is 27.6. The molecule has 0 radical (unpaired) electrons. The molecule has 4 aliphatic rings. The van der Waals surface area contributed by atoms with Crippen LogP contribution in [-0.2, 0) is 15.0 Å². The van der Waals surface area contributed by atoms with Crippen molar-refractivity contribution in [2.75, 3.05) is 4.90 Å². The number of benzene rings is 4. The summed E-state index contributed by atoms with van der Waals surface area (Å²) in [6.07, 6.45) is 1.41. The van der Waals surface area contributed by atoms with Crippen molar-refractivity contribution in [1.29, 1.82) is 0 Å².